The van der Waals surface area contributed by atoms with Gasteiger partial charge in [-0.1, -0.05) is 55.1 Å². The largest absolute Gasteiger partial charge is 0.462 e. The monoisotopic (exact) mass is 364 g/mol. The highest BCUT2D eigenvalue weighted by molar-refractivity contribution is 5.97. The number of ether oxygens (including phenoxy) is 2. The van der Waals surface area contributed by atoms with Gasteiger partial charge in [-0.3, -0.25) is 4.79 Å². The van der Waals surface area contributed by atoms with E-state index in [1.165, 1.54) is 0 Å². The Bertz CT molecular complexity index is 783. The summed E-state index contributed by atoms with van der Waals surface area (Å²) in [4.78, 5) is 24.1. The van der Waals surface area contributed by atoms with Crippen LogP contribution in [0.2, 0.25) is 0 Å². The molecule has 0 N–H and O–H groups in total. The summed E-state index contributed by atoms with van der Waals surface area (Å²) in [5, 5.41) is 0. The predicted octanol–water partition coefficient (Wildman–Crippen LogP) is 4.21. The van der Waals surface area contributed by atoms with E-state index in [0.717, 1.165) is 5.56 Å². The first-order valence-electron chi connectivity index (χ1n) is 9.21. The highest BCUT2D eigenvalue weighted by Gasteiger charge is 2.36. The molecular weight excluding hydrogens is 340 g/mol. The van der Waals surface area contributed by atoms with E-state index in [2.05, 4.69) is 6.58 Å². The Morgan fingerprint density at radius 1 is 1.04 bits per heavy atom. The van der Waals surface area contributed by atoms with Crippen LogP contribution in [0.3, 0.4) is 0 Å². The van der Waals surface area contributed by atoms with Crippen LogP contribution in [-0.2, 0) is 20.9 Å². The third-order valence-electron chi connectivity index (χ3n) is 4.96. The molecular formula is C23H24O4. The van der Waals surface area contributed by atoms with Crippen molar-refractivity contribution in [2.75, 3.05) is 13.2 Å². The van der Waals surface area contributed by atoms with Gasteiger partial charge in [0.2, 0.25) is 0 Å². The molecule has 1 aliphatic rings. The Kier molecular flexibility index (Phi) is 6.55. The molecule has 0 amide bonds. The summed E-state index contributed by atoms with van der Waals surface area (Å²) in [6.45, 7) is 5.20. The third-order valence-corrected chi connectivity index (χ3v) is 4.96. The molecule has 0 aromatic heterocycles. The van der Waals surface area contributed by atoms with Crippen molar-refractivity contribution in [1.29, 1.82) is 0 Å². The fourth-order valence-corrected chi connectivity index (χ4v) is 3.38. The minimum atomic E-state index is -0.337. The summed E-state index contributed by atoms with van der Waals surface area (Å²) in [5.74, 6) is -0.167. The second kappa shape index (κ2) is 9.28. The predicted molar refractivity (Wildman–Crippen MR) is 103 cm³/mol. The first-order valence-corrected chi connectivity index (χ1v) is 9.21. The van der Waals surface area contributed by atoms with Crippen LogP contribution in [0.5, 0.6) is 0 Å². The van der Waals surface area contributed by atoms with Crippen LogP contribution in [0.4, 0.5) is 0 Å². The van der Waals surface area contributed by atoms with Crippen LogP contribution in [0, 0.1) is 11.8 Å². The van der Waals surface area contributed by atoms with Crippen molar-refractivity contribution < 1.29 is 19.1 Å². The van der Waals surface area contributed by atoms with Crippen molar-refractivity contribution in [3.8, 4) is 0 Å². The van der Waals surface area contributed by atoms with E-state index in [4.69, 9.17) is 9.47 Å². The molecule has 0 unspecified atom stereocenters. The summed E-state index contributed by atoms with van der Waals surface area (Å²) >= 11 is 0. The van der Waals surface area contributed by atoms with Gasteiger partial charge in [-0.25, -0.2) is 4.79 Å². The van der Waals surface area contributed by atoms with Crippen molar-refractivity contribution in [2.45, 2.75) is 19.4 Å². The molecule has 2 aromatic carbocycles. The van der Waals surface area contributed by atoms with Crippen LogP contribution in [0.25, 0.3) is 0 Å². The van der Waals surface area contributed by atoms with E-state index in [0.29, 0.717) is 37.2 Å². The zero-order valence-corrected chi connectivity index (χ0v) is 15.3. The molecule has 0 aliphatic heterocycles. The molecule has 0 radical (unpaired) electrons. The van der Waals surface area contributed by atoms with E-state index >= 15 is 0 Å². The Hall–Kier alpha value is -2.72. The van der Waals surface area contributed by atoms with Gasteiger partial charge in [-0.15, -0.1) is 0 Å². The Labute approximate surface area is 159 Å². The maximum atomic E-state index is 12.1. The number of carbonyl (C=O) groups is 2. The van der Waals surface area contributed by atoms with Crippen molar-refractivity contribution in [2.24, 2.45) is 11.8 Å². The van der Waals surface area contributed by atoms with Gasteiger partial charge < -0.3 is 9.47 Å². The zero-order valence-electron chi connectivity index (χ0n) is 15.3. The summed E-state index contributed by atoms with van der Waals surface area (Å²) in [5.41, 5.74) is 2.26. The fourth-order valence-electron chi connectivity index (χ4n) is 3.38. The second-order valence-corrected chi connectivity index (χ2v) is 6.81. The van der Waals surface area contributed by atoms with E-state index in [1.54, 1.807) is 24.3 Å². The Balaban J connectivity index is 1.48. The fraction of sp³-hybridized carbons (Fsp3) is 0.304. The van der Waals surface area contributed by atoms with E-state index in [1.807, 2.05) is 36.4 Å². The van der Waals surface area contributed by atoms with Gasteiger partial charge >= 0.3 is 5.97 Å². The van der Waals surface area contributed by atoms with E-state index < -0.39 is 0 Å². The molecule has 27 heavy (non-hydrogen) atoms. The van der Waals surface area contributed by atoms with Gasteiger partial charge in [0.1, 0.15) is 0 Å². The van der Waals surface area contributed by atoms with Gasteiger partial charge in [0, 0.05) is 12.3 Å². The molecule has 1 fully saturated rings. The van der Waals surface area contributed by atoms with Gasteiger partial charge in [-0.05, 0) is 35.6 Å². The first kappa shape index (κ1) is 19.1. The molecule has 0 bridgehead atoms. The molecule has 3 rings (SSSR count). The van der Waals surface area contributed by atoms with Crippen LogP contribution in [0.15, 0.2) is 72.8 Å². The SMILES string of the molecule is C=C1C(=O)C[C@H](CCOC(=O)c2ccccc2)[C@@H]1COCc1ccccc1. The number of hydrogen-bond acceptors (Lipinski definition) is 4. The van der Waals surface area contributed by atoms with Crippen LogP contribution in [-0.4, -0.2) is 25.0 Å². The summed E-state index contributed by atoms with van der Waals surface area (Å²) < 4.78 is 11.2. The van der Waals surface area contributed by atoms with Crippen molar-refractivity contribution in [1.82, 2.24) is 0 Å². The lowest BCUT2D eigenvalue weighted by Gasteiger charge is -2.19. The highest BCUT2D eigenvalue weighted by Crippen LogP contribution is 2.35. The van der Waals surface area contributed by atoms with Crippen molar-refractivity contribution in [3.63, 3.8) is 0 Å². The van der Waals surface area contributed by atoms with Gasteiger partial charge in [-0.2, -0.15) is 0 Å². The number of carbonyl (C=O) groups excluding carboxylic acids is 2. The van der Waals surface area contributed by atoms with Crippen LogP contribution < -0.4 is 0 Å². The van der Waals surface area contributed by atoms with E-state index in [9.17, 15) is 9.59 Å². The summed E-state index contributed by atoms with van der Waals surface area (Å²) in [6, 6.07) is 18.8. The van der Waals surface area contributed by atoms with Gasteiger partial charge in [0.25, 0.3) is 0 Å². The minimum absolute atomic E-state index is 0.0170. The topological polar surface area (TPSA) is 52.6 Å². The smallest absolute Gasteiger partial charge is 0.338 e. The van der Waals surface area contributed by atoms with Crippen LogP contribution in [0.1, 0.15) is 28.8 Å². The average Bonchev–Trinajstić information content (AvgIpc) is 2.97. The molecule has 4 heteroatoms. The molecule has 1 aliphatic carbocycles. The molecule has 2 atom stereocenters. The maximum absolute atomic E-state index is 12.1. The molecule has 0 saturated heterocycles. The maximum Gasteiger partial charge on any atom is 0.338 e. The summed E-state index contributed by atoms with van der Waals surface area (Å²) in [7, 11) is 0. The molecule has 0 spiro atoms. The zero-order chi connectivity index (χ0) is 19.1. The number of Topliss-reactive ketones (excluding diaryl/α,β-unsaturated/α-hetero) is 1. The summed E-state index contributed by atoms with van der Waals surface area (Å²) in [6.07, 6.45) is 1.07. The lowest BCUT2D eigenvalue weighted by Crippen LogP contribution is -2.18. The lowest BCUT2D eigenvalue weighted by molar-refractivity contribution is -0.114. The van der Waals surface area contributed by atoms with E-state index in [-0.39, 0.29) is 30.2 Å². The van der Waals surface area contributed by atoms with Gasteiger partial charge in [0.05, 0.1) is 25.4 Å². The first-order chi connectivity index (χ1) is 13.1. The van der Waals surface area contributed by atoms with Crippen molar-refractivity contribution >= 4 is 11.8 Å². The second-order valence-electron chi connectivity index (χ2n) is 6.81. The molecule has 1 saturated carbocycles. The highest BCUT2D eigenvalue weighted by atomic mass is 16.5. The molecule has 0 heterocycles. The normalized spacial score (nSPS) is 19.3. The molecule has 2 aromatic rings. The lowest BCUT2D eigenvalue weighted by atomic mass is 9.92. The average molecular weight is 364 g/mol. The minimum Gasteiger partial charge on any atom is -0.462 e. The standard InChI is InChI=1S/C23H24O4/c1-17-21(16-26-15-18-8-4-2-5-9-18)20(14-22(17)24)12-13-27-23(25)19-10-6-3-7-11-19/h2-11,20-21H,1,12-16H2/t20-,21+/m0/s1. The van der Waals surface area contributed by atoms with Crippen LogP contribution >= 0.6 is 0 Å². The number of hydrogen-bond donors (Lipinski definition) is 0. The Morgan fingerprint density at radius 3 is 2.41 bits per heavy atom. The quantitative estimate of drug-likeness (QED) is 0.520. The molecule has 4 nitrogen and oxygen atoms in total. The molecule has 140 valence electrons. The number of benzene rings is 2. The Morgan fingerprint density at radius 2 is 1.70 bits per heavy atom. The number of ketones is 1. The third kappa shape index (κ3) is 5.14. The van der Waals surface area contributed by atoms with Gasteiger partial charge in [0.15, 0.2) is 5.78 Å². The number of rotatable bonds is 8. The number of esters is 1. The van der Waals surface area contributed by atoms with Crippen molar-refractivity contribution in [3.05, 3.63) is 83.9 Å².